The summed E-state index contributed by atoms with van der Waals surface area (Å²) in [5.41, 5.74) is 1.26. The van der Waals surface area contributed by atoms with Crippen molar-refractivity contribution in [2.24, 2.45) is 5.92 Å². The highest BCUT2D eigenvalue weighted by atomic mass is 16.7. The van der Waals surface area contributed by atoms with Gasteiger partial charge >= 0.3 is 0 Å². The Labute approximate surface area is 127 Å². The predicted molar refractivity (Wildman–Crippen MR) is 83.8 cm³/mol. The van der Waals surface area contributed by atoms with Crippen molar-refractivity contribution in [3.63, 3.8) is 0 Å². The Morgan fingerprint density at radius 2 is 1.95 bits per heavy atom. The molecule has 4 heteroatoms. The third-order valence-corrected chi connectivity index (χ3v) is 3.80. The topological polar surface area (TPSA) is 50.7 Å². The van der Waals surface area contributed by atoms with Gasteiger partial charge in [0.05, 0.1) is 6.61 Å². The lowest BCUT2D eigenvalue weighted by atomic mass is 10.0. The number of ether oxygens (including phenoxy) is 2. The van der Waals surface area contributed by atoms with Crippen molar-refractivity contribution in [1.29, 1.82) is 0 Å². The first-order valence-electron chi connectivity index (χ1n) is 7.84. The number of rotatable bonds is 8. The van der Waals surface area contributed by atoms with Crippen LogP contribution >= 0.6 is 0 Å². The molecule has 0 fully saturated rings. The van der Waals surface area contributed by atoms with Crippen LogP contribution in [0.2, 0.25) is 0 Å². The van der Waals surface area contributed by atoms with E-state index < -0.39 is 0 Å². The average molecular weight is 293 g/mol. The molecule has 0 aliphatic carbocycles. The normalized spacial score (nSPS) is 16.2. The number of aliphatic hydroxyl groups excluding tert-OH is 1. The Morgan fingerprint density at radius 3 is 2.67 bits per heavy atom. The van der Waals surface area contributed by atoms with E-state index in [9.17, 15) is 5.11 Å². The molecule has 0 saturated heterocycles. The molecular weight excluding hydrogens is 266 g/mol. The fourth-order valence-electron chi connectivity index (χ4n) is 2.73. The van der Waals surface area contributed by atoms with Gasteiger partial charge in [0.25, 0.3) is 0 Å². The second kappa shape index (κ2) is 7.66. The summed E-state index contributed by atoms with van der Waals surface area (Å²) in [5, 5.41) is 12.9. The molecule has 1 aromatic rings. The number of fused-ring (bicyclic) bond motifs is 1. The van der Waals surface area contributed by atoms with Crippen LogP contribution in [0.5, 0.6) is 11.5 Å². The Kier molecular flexibility index (Phi) is 5.88. The van der Waals surface area contributed by atoms with Crippen LogP contribution in [0, 0.1) is 5.92 Å². The molecule has 0 radical (unpaired) electrons. The van der Waals surface area contributed by atoms with Crippen LogP contribution in [0.3, 0.4) is 0 Å². The maximum atomic E-state index is 9.42. The van der Waals surface area contributed by atoms with Crippen LogP contribution in [0.25, 0.3) is 0 Å². The van der Waals surface area contributed by atoms with Crippen LogP contribution in [0.1, 0.15) is 39.2 Å². The van der Waals surface area contributed by atoms with Crippen LogP contribution in [-0.2, 0) is 6.42 Å². The SMILES string of the molecule is CC(C)CC(CO)NC(C)CCc1ccc2c(c1)OCO2. The zero-order chi connectivity index (χ0) is 15.2. The Hall–Kier alpha value is -1.26. The van der Waals surface area contributed by atoms with E-state index in [0.29, 0.717) is 18.8 Å². The molecule has 4 nitrogen and oxygen atoms in total. The first-order valence-corrected chi connectivity index (χ1v) is 7.84. The lowest BCUT2D eigenvalue weighted by Crippen LogP contribution is -2.40. The van der Waals surface area contributed by atoms with E-state index in [4.69, 9.17) is 9.47 Å². The van der Waals surface area contributed by atoms with E-state index >= 15 is 0 Å². The van der Waals surface area contributed by atoms with Gasteiger partial charge in [-0.25, -0.2) is 0 Å². The monoisotopic (exact) mass is 293 g/mol. The number of hydrogen-bond acceptors (Lipinski definition) is 4. The average Bonchev–Trinajstić information content (AvgIpc) is 2.91. The fraction of sp³-hybridized carbons (Fsp3) is 0.647. The van der Waals surface area contributed by atoms with Crippen molar-refractivity contribution in [3.8, 4) is 11.5 Å². The molecule has 118 valence electrons. The summed E-state index contributed by atoms with van der Waals surface area (Å²) >= 11 is 0. The minimum atomic E-state index is 0.191. The van der Waals surface area contributed by atoms with E-state index in [0.717, 1.165) is 30.8 Å². The first-order chi connectivity index (χ1) is 10.1. The second-order valence-corrected chi connectivity index (χ2v) is 6.30. The van der Waals surface area contributed by atoms with E-state index in [2.05, 4.69) is 38.2 Å². The second-order valence-electron chi connectivity index (χ2n) is 6.30. The van der Waals surface area contributed by atoms with E-state index in [-0.39, 0.29) is 12.6 Å². The quantitative estimate of drug-likeness (QED) is 0.774. The van der Waals surface area contributed by atoms with Crippen LogP contribution < -0.4 is 14.8 Å². The zero-order valence-electron chi connectivity index (χ0n) is 13.3. The van der Waals surface area contributed by atoms with Gasteiger partial charge in [0.15, 0.2) is 11.5 Å². The lowest BCUT2D eigenvalue weighted by molar-refractivity contribution is 0.174. The van der Waals surface area contributed by atoms with Crippen molar-refractivity contribution in [1.82, 2.24) is 5.32 Å². The van der Waals surface area contributed by atoms with Gasteiger partial charge in [0.1, 0.15) is 0 Å². The Balaban J connectivity index is 1.79. The molecule has 0 spiro atoms. The summed E-state index contributed by atoms with van der Waals surface area (Å²) in [4.78, 5) is 0. The molecular formula is C17H27NO3. The number of aryl methyl sites for hydroxylation is 1. The molecule has 2 N–H and O–H groups in total. The smallest absolute Gasteiger partial charge is 0.231 e. The minimum absolute atomic E-state index is 0.191. The third kappa shape index (κ3) is 4.90. The molecule has 1 heterocycles. The number of hydrogen-bond donors (Lipinski definition) is 2. The number of benzene rings is 1. The van der Waals surface area contributed by atoms with Crippen LogP contribution in [0.4, 0.5) is 0 Å². The summed E-state index contributed by atoms with van der Waals surface area (Å²) in [6.07, 6.45) is 3.03. The highest BCUT2D eigenvalue weighted by molar-refractivity contribution is 5.44. The van der Waals surface area contributed by atoms with Crippen molar-refractivity contribution < 1.29 is 14.6 Å². The Morgan fingerprint density at radius 1 is 1.19 bits per heavy atom. The molecule has 2 atom stereocenters. The van der Waals surface area contributed by atoms with Crippen molar-refractivity contribution >= 4 is 0 Å². The molecule has 2 unspecified atom stereocenters. The summed E-state index contributed by atoms with van der Waals surface area (Å²) in [5.74, 6) is 2.28. The number of aliphatic hydroxyl groups is 1. The van der Waals surface area contributed by atoms with E-state index in [1.165, 1.54) is 5.56 Å². The van der Waals surface area contributed by atoms with Gasteiger partial charge in [-0.2, -0.15) is 0 Å². The Bertz CT molecular complexity index is 448. The van der Waals surface area contributed by atoms with Gasteiger partial charge in [-0.05, 0) is 49.8 Å². The highest BCUT2D eigenvalue weighted by Crippen LogP contribution is 2.32. The van der Waals surface area contributed by atoms with Gasteiger partial charge in [0, 0.05) is 12.1 Å². The van der Waals surface area contributed by atoms with Crippen molar-refractivity contribution in [2.45, 2.75) is 52.1 Å². The third-order valence-electron chi connectivity index (χ3n) is 3.80. The molecule has 2 rings (SSSR count). The largest absolute Gasteiger partial charge is 0.454 e. The molecule has 1 aromatic carbocycles. The summed E-state index contributed by atoms with van der Waals surface area (Å²) < 4.78 is 10.7. The highest BCUT2D eigenvalue weighted by Gasteiger charge is 2.15. The van der Waals surface area contributed by atoms with Gasteiger partial charge in [-0.15, -0.1) is 0 Å². The van der Waals surface area contributed by atoms with Gasteiger partial charge in [-0.3, -0.25) is 0 Å². The molecule has 0 saturated carbocycles. The minimum Gasteiger partial charge on any atom is -0.454 e. The summed E-state index contributed by atoms with van der Waals surface area (Å²) in [6, 6.07) is 6.71. The van der Waals surface area contributed by atoms with Crippen molar-refractivity contribution in [3.05, 3.63) is 23.8 Å². The van der Waals surface area contributed by atoms with Crippen LogP contribution in [-0.4, -0.2) is 30.6 Å². The van der Waals surface area contributed by atoms with Gasteiger partial charge in [0.2, 0.25) is 6.79 Å². The van der Waals surface area contributed by atoms with Gasteiger partial charge < -0.3 is 19.9 Å². The molecule has 0 amide bonds. The predicted octanol–water partition coefficient (Wildman–Crippen LogP) is 2.73. The molecule has 1 aliphatic heterocycles. The number of nitrogens with one attached hydrogen (secondary N) is 1. The lowest BCUT2D eigenvalue weighted by Gasteiger charge is -2.23. The van der Waals surface area contributed by atoms with Crippen molar-refractivity contribution in [2.75, 3.05) is 13.4 Å². The summed E-state index contributed by atoms with van der Waals surface area (Å²) in [6.45, 7) is 7.07. The van der Waals surface area contributed by atoms with E-state index in [1.54, 1.807) is 0 Å². The molecule has 1 aliphatic rings. The molecule has 0 aromatic heterocycles. The summed E-state index contributed by atoms with van der Waals surface area (Å²) in [7, 11) is 0. The van der Waals surface area contributed by atoms with Gasteiger partial charge in [-0.1, -0.05) is 19.9 Å². The fourth-order valence-corrected chi connectivity index (χ4v) is 2.73. The van der Waals surface area contributed by atoms with E-state index in [1.807, 2.05) is 6.07 Å². The zero-order valence-corrected chi connectivity index (χ0v) is 13.3. The molecule has 21 heavy (non-hydrogen) atoms. The maximum absolute atomic E-state index is 9.42. The maximum Gasteiger partial charge on any atom is 0.231 e. The molecule has 0 bridgehead atoms. The first kappa shape index (κ1) is 16.1. The van der Waals surface area contributed by atoms with Crippen LogP contribution in [0.15, 0.2) is 18.2 Å². The standard InChI is InChI=1S/C17H27NO3/c1-12(2)8-15(10-19)18-13(3)4-5-14-6-7-16-17(9-14)21-11-20-16/h6-7,9,12-13,15,18-19H,4-5,8,10-11H2,1-3H3.